The van der Waals surface area contributed by atoms with Crippen molar-refractivity contribution >= 4 is 23.4 Å². The van der Waals surface area contributed by atoms with Crippen LogP contribution >= 0.6 is 0 Å². The minimum absolute atomic E-state index is 0.0166. The maximum Gasteiger partial charge on any atom is 0.258 e. The van der Waals surface area contributed by atoms with Gasteiger partial charge in [0.25, 0.3) is 5.91 Å². The first-order chi connectivity index (χ1) is 12.6. The quantitative estimate of drug-likeness (QED) is 0.802. The zero-order valence-electron chi connectivity index (χ0n) is 14.5. The van der Waals surface area contributed by atoms with Gasteiger partial charge >= 0.3 is 0 Å². The molecule has 0 aliphatic carbocycles. The lowest BCUT2D eigenvalue weighted by atomic mass is 10.0. The Hall–Kier alpha value is -2.95. The predicted molar refractivity (Wildman–Crippen MR) is 97.7 cm³/mol. The van der Waals surface area contributed by atoms with Gasteiger partial charge in [-0.3, -0.25) is 19.3 Å². The minimum atomic E-state index is -0.125. The van der Waals surface area contributed by atoms with Crippen molar-refractivity contribution in [1.82, 2.24) is 4.90 Å². The van der Waals surface area contributed by atoms with E-state index in [9.17, 15) is 14.4 Å². The highest BCUT2D eigenvalue weighted by molar-refractivity contribution is 6.06. The number of fused-ring (bicyclic) bond motifs is 1. The van der Waals surface area contributed by atoms with Crippen LogP contribution < -0.4 is 4.90 Å². The van der Waals surface area contributed by atoms with E-state index in [1.165, 1.54) is 10.5 Å². The molecule has 0 N–H and O–H groups in total. The molecule has 1 saturated heterocycles. The third-order valence-electron chi connectivity index (χ3n) is 5.05. The predicted octanol–water partition coefficient (Wildman–Crippen LogP) is 2.93. The highest BCUT2D eigenvalue weighted by Crippen LogP contribution is 2.28. The molecule has 2 aliphatic rings. The van der Waals surface area contributed by atoms with E-state index < -0.39 is 0 Å². The SMILES string of the molecule is O=C1CCC(=O)N1Cc1ccc(C(=O)N2CCCc3ccccc32)cc1. The van der Waals surface area contributed by atoms with Crippen LogP contribution in [0.4, 0.5) is 5.69 Å². The number of hydrogen-bond donors (Lipinski definition) is 0. The average Bonchev–Trinajstić information content (AvgIpc) is 2.99. The van der Waals surface area contributed by atoms with Gasteiger partial charge in [-0.2, -0.15) is 0 Å². The van der Waals surface area contributed by atoms with E-state index in [2.05, 4.69) is 6.07 Å². The molecule has 0 spiro atoms. The van der Waals surface area contributed by atoms with E-state index >= 15 is 0 Å². The lowest BCUT2D eigenvalue weighted by Gasteiger charge is -2.29. The van der Waals surface area contributed by atoms with Gasteiger partial charge in [0, 0.05) is 30.6 Å². The fraction of sp³-hybridized carbons (Fsp3) is 0.286. The third-order valence-corrected chi connectivity index (χ3v) is 5.05. The van der Waals surface area contributed by atoms with E-state index in [1.54, 1.807) is 12.1 Å². The molecule has 5 nitrogen and oxygen atoms in total. The highest BCUT2D eigenvalue weighted by Gasteiger charge is 2.29. The molecule has 0 saturated carbocycles. The first kappa shape index (κ1) is 16.5. The summed E-state index contributed by atoms with van der Waals surface area (Å²) in [6.07, 6.45) is 2.55. The summed E-state index contributed by atoms with van der Waals surface area (Å²) in [6, 6.07) is 15.2. The normalized spacial score (nSPS) is 16.8. The molecule has 0 atom stereocenters. The fourth-order valence-electron chi connectivity index (χ4n) is 3.63. The van der Waals surface area contributed by atoms with Gasteiger partial charge in [0.05, 0.1) is 6.54 Å². The Kier molecular flexibility index (Phi) is 4.29. The summed E-state index contributed by atoms with van der Waals surface area (Å²) in [5.74, 6) is -0.267. The number of likely N-dealkylation sites (tertiary alicyclic amines) is 1. The summed E-state index contributed by atoms with van der Waals surface area (Å²) < 4.78 is 0. The Morgan fingerprint density at radius 1 is 0.885 bits per heavy atom. The van der Waals surface area contributed by atoms with Crippen LogP contribution in [0.1, 0.15) is 40.7 Å². The number of hydrogen-bond acceptors (Lipinski definition) is 3. The highest BCUT2D eigenvalue weighted by atomic mass is 16.2. The summed E-state index contributed by atoms with van der Waals surface area (Å²) in [6.45, 7) is 0.993. The number of imide groups is 1. The molecule has 2 aromatic rings. The summed E-state index contributed by atoms with van der Waals surface area (Å²) >= 11 is 0. The molecule has 0 radical (unpaired) electrons. The second-order valence-corrected chi connectivity index (χ2v) is 6.76. The van der Waals surface area contributed by atoms with Crippen molar-refractivity contribution in [2.75, 3.05) is 11.4 Å². The first-order valence-corrected chi connectivity index (χ1v) is 8.95. The summed E-state index contributed by atoms with van der Waals surface area (Å²) in [7, 11) is 0. The van der Waals surface area contributed by atoms with Crippen molar-refractivity contribution < 1.29 is 14.4 Å². The average molecular weight is 348 g/mol. The van der Waals surface area contributed by atoms with Crippen LogP contribution in [0.3, 0.4) is 0 Å². The maximum atomic E-state index is 12.9. The Morgan fingerprint density at radius 2 is 1.58 bits per heavy atom. The van der Waals surface area contributed by atoms with Crippen LogP contribution in [-0.2, 0) is 22.6 Å². The molecule has 3 amide bonds. The molecule has 2 aliphatic heterocycles. The molecule has 4 rings (SSSR count). The van der Waals surface area contributed by atoms with Crippen molar-refractivity contribution in [3.05, 3.63) is 65.2 Å². The fourth-order valence-corrected chi connectivity index (χ4v) is 3.63. The molecular weight excluding hydrogens is 328 g/mol. The third kappa shape index (κ3) is 3.01. The van der Waals surface area contributed by atoms with Crippen molar-refractivity contribution in [3.63, 3.8) is 0 Å². The standard InChI is InChI=1S/C21H20N2O3/c24-19-11-12-20(25)23(19)14-15-7-9-17(10-8-15)21(26)22-13-3-5-16-4-1-2-6-18(16)22/h1-2,4,6-10H,3,5,11-14H2. The van der Waals surface area contributed by atoms with Crippen molar-refractivity contribution in [3.8, 4) is 0 Å². The van der Waals surface area contributed by atoms with Crippen LogP contribution in [0.15, 0.2) is 48.5 Å². The van der Waals surface area contributed by atoms with Crippen LogP contribution in [0.2, 0.25) is 0 Å². The summed E-state index contributed by atoms with van der Waals surface area (Å²) in [5.41, 5.74) is 3.66. The molecule has 5 heteroatoms. The summed E-state index contributed by atoms with van der Waals surface area (Å²) in [4.78, 5) is 39.5. The number of anilines is 1. The van der Waals surface area contributed by atoms with Gasteiger partial charge in [-0.15, -0.1) is 0 Å². The number of carbonyl (C=O) groups is 3. The van der Waals surface area contributed by atoms with Crippen LogP contribution in [0, 0.1) is 0 Å². The number of rotatable bonds is 3. The van der Waals surface area contributed by atoms with E-state index in [4.69, 9.17) is 0 Å². The molecule has 2 aromatic carbocycles. The molecule has 0 unspecified atom stereocenters. The molecule has 0 bridgehead atoms. The number of nitrogens with zero attached hydrogens (tertiary/aromatic N) is 2. The van der Waals surface area contributed by atoms with Crippen LogP contribution in [0.5, 0.6) is 0 Å². The Bertz CT molecular complexity index is 857. The number of aryl methyl sites for hydroxylation is 1. The zero-order chi connectivity index (χ0) is 18.1. The molecule has 2 heterocycles. The second kappa shape index (κ2) is 6.75. The molecule has 0 aromatic heterocycles. The second-order valence-electron chi connectivity index (χ2n) is 6.76. The van der Waals surface area contributed by atoms with Gasteiger partial charge < -0.3 is 4.90 Å². The topological polar surface area (TPSA) is 57.7 Å². The Balaban J connectivity index is 1.51. The largest absolute Gasteiger partial charge is 0.308 e. The first-order valence-electron chi connectivity index (χ1n) is 8.95. The van der Waals surface area contributed by atoms with Crippen molar-refractivity contribution in [2.45, 2.75) is 32.2 Å². The van der Waals surface area contributed by atoms with E-state index in [-0.39, 0.29) is 24.3 Å². The maximum absolute atomic E-state index is 12.9. The number of carbonyl (C=O) groups excluding carboxylic acids is 3. The van der Waals surface area contributed by atoms with Crippen LogP contribution in [-0.4, -0.2) is 29.2 Å². The molecule has 1 fully saturated rings. The van der Waals surface area contributed by atoms with Gasteiger partial charge in [-0.1, -0.05) is 30.3 Å². The number of amides is 3. The van der Waals surface area contributed by atoms with E-state index in [0.29, 0.717) is 24.9 Å². The van der Waals surface area contributed by atoms with Crippen LogP contribution in [0.25, 0.3) is 0 Å². The zero-order valence-corrected chi connectivity index (χ0v) is 14.5. The Labute approximate surface area is 152 Å². The smallest absolute Gasteiger partial charge is 0.258 e. The van der Waals surface area contributed by atoms with Gasteiger partial charge in [0.15, 0.2) is 0 Å². The number of benzene rings is 2. The van der Waals surface area contributed by atoms with E-state index in [1.807, 2.05) is 35.2 Å². The van der Waals surface area contributed by atoms with Gasteiger partial charge in [-0.05, 0) is 42.2 Å². The van der Waals surface area contributed by atoms with Crippen molar-refractivity contribution in [2.24, 2.45) is 0 Å². The molecule has 132 valence electrons. The van der Waals surface area contributed by atoms with Gasteiger partial charge in [-0.25, -0.2) is 0 Å². The van der Waals surface area contributed by atoms with Crippen molar-refractivity contribution in [1.29, 1.82) is 0 Å². The summed E-state index contributed by atoms with van der Waals surface area (Å²) in [5, 5.41) is 0. The monoisotopic (exact) mass is 348 g/mol. The lowest BCUT2D eigenvalue weighted by Crippen LogP contribution is -2.35. The Morgan fingerprint density at radius 3 is 2.31 bits per heavy atom. The van der Waals surface area contributed by atoms with Gasteiger partial charge in [0.2, 0.25) is 11.8 Å². The molecular formula is C21H20N2O3. The lowest BCUT2D eigenvalue weighted by molar-refractivity contribution is -0.139. The molecule has 26 heavy (non-hydrogen) atoms. The van der Waals surface area contributed by atoms with Gasteiger partial charge in [0.1, 0.15) is 0 Å². The number of para-hydroxylation sites is 1. The minimum Gasteiger partial charge on any atom is -0.308 e. The van der Waals surface area contributed by atoms with E-state index in [0.717, 1.165) is 24.1 Å².